The Morgan fingerprint density at radius 2 is 2.29 bits per heavy atom. The second kappa shape index (κ2) is 6.47. The maximum absolute atomic E-state index is 8.83. The normalized spacial score (nSPS) is 18.7. The molecule has 2 rings (SSSR count). The second-order valence-corrected chi connectivity index (χ2v) is 6.09. The molecule has 1 aromatic heterocycles. The first-order valence-corrected chi connectivity index (χ1v) is 7.40. The third kappa shape index (κ3) is 3.76. The zero-order valence-corrected chi connectivity index (χ0v) is 11.3. The first-order chi connectivity index (χ1) is 8.29. The van der Waals surface area contributed by atoms with Gasteiger partial charge >= 0.3 is 0 Å². The van der Waals surface area contributed by atoms with Crippen molar-refractivity contribution in [2.45, 2.75) is 57.5 Å². The molecule has 96 valence electrons. The minimum atomic E-state index is 0.254. The molecule has 1 unspecified atom stereocenters. The summed E-state index contributed by atoms with van der Waals surface area (Å²) in [5.41, 5.74) is 0. The average molecular weight is 254 g/mol. The van der Waals surface area contributed by atoms with E-state index in [4.69, 9.17) is 5.11 Å². The van der Waals surface area contributed by atoms with Crippen molar-refractivity contribution in [3.8, 4) is 0 Å². The molecular formula is C13H22N2OS. The van der Waals surface area contributed by atoms with Gasteiger partial charge < -0.3 is 10.4 Å². The largest absolute Gasteiger partial charge is 0.396 e. The molecule has 0 saturated heterocycles. The molecule has 0 spiro atoms. The van der Waals surface area contributed by atoms with Gasteiger partial charge in [0.05, 0.1) is 5.01 Å². The Morgan fingerprint density at radius 1 is 1.53 bits per heavy atom. The fourth-order valence-electron chi connectivity index (χ4n) is 2.34. The lowest BCUT2D eigenvalue weighted by Crippen LogP contribution is -2.25. The van der Waals surface area contributed by atoms with Crippen LogP contribution in [0.1, 0.15) is 54.8 Å². The summed E-state index contributed by atoms with van der Waals surface area (Å²) in [6, 6.07) is 0.372. The number of aliphatic hydroxyl groups excluding tert-OH is 1. The highest BCUT2D eigenvalue weighted by Crippen LogP contribution is 2.35. The highest BCUT2D eigenvalue weighted by atomic mass is 32.1. The number of hydrogen-bond acceptors (Lipinski definition) is 4. The van der Waals surface area contributed by atoms with E-state index in [1.165, 1.54) is 35.6 Å². The molecule has 2 N–H and O–H groups in total. The van der Waals surface area contributed by atoms with Gasteiger partial charge in [0.1, 0.15) is 0 Å². The van der Waals surface area contributed by atoms with E-state index in [-0.39, 0.29) is 6.61 Å². The molecule has 0 amide bonds. The Morgan fingerprint density at radius 3 is 3.00 bits per heavy atom. The standard InChI is InChI=1S/C13H22N2OS/c1-10(6-7-16)14-8-12-9-15-13(17-12)11-4-2-3-5-11/h9-11,14,16H,2-8H2,1H3. The minimum absolute atomic E-state index is 0.254. The Labute approximate surface area is 107 Å². The summed E-state index contributed by atoms with van der Waals surface area (Å²) < 4.78 is 0. The molecule has 1 aromatic rings. The van der Waals surface area contributed by atoms with E-state index in [9.17, 15) is 0 Å². The van der Waals surface area contributed by atoms with Crippen molar-refractivity contribution in [2.24, 2.45) is 0 Å². The zero-order chi connectivity index (χ0) is 12.1. The van der Waals surface area contributed by atoms with Crippen LogP contribution in [-0.2, 0) is 6.54 Å². The Balaban J connectivity index is 1.81. The summed E-state index contributed by atoms with van der Waals surface area (Å²) >= 11 is 1.85. The van der Waals surface area contributed by atoms with Crippen LogP contribution in [-0.4, -0.2) is 22.7 Å². The maximum atomic E-state index is 8.83. The fraction of sp³-hybridized carbons (Fsp3) is 0.769. The third-order valence-electron chi connectivity index (χ3n) is 3.46. The molecule has 1 aliphatic rings. The lowest BCUT2D eigenvalue weighted by atomic mass is 10.1. The van der Waals surface area contributed by atoms with Crippen LogP contribution in [0.4, 0.5) is 0 Å². The van der Waals surface area contributed by atoms with Crippen molar-refractivity contribution in [2.75, 3.05) is 6.61 Å². The Bertz CT molecular complexity index is 334. The van der Waals surface area contributed by atoms with E-state index in [1.807, 2.05) is 17.5 Å². The molecule has 3 nitrogen and oxygen atoms in total. The summed E-state index contributed by atoms with van der Waals surface area (Å²) in [5, 5.41) is 13.6. The predicted molar refractivity (Wildman–Crippen MR) is 71.3 cm³/mol. The summed E-state index contributed by atoms with van der Waals surface area (Å²) in [6.07, 6.45) is 8.20. The summed E-state index contributed by atoms with van der Waals surface area (Å²) in [5.74, 6) is 0.726. The number of thiazole rings is 1. The van der Waals surface area contributed by atoms with Crippen molar-refractivity contribution in [1.29, 1.82) is 0 Å². The smallest absolute Gasteiger partial charge is 0.0959 e. The molecule has 4 heteroatoms. The molecule has 17 heavy (non-hydrogen) atoms. The summed E-state index contributed by atoms with van der Waals surface area (Å²) in [7, 11) is 0. The van der Waals surface area contributed by atoms with Gasteiger partial charge in [-0.25, -0.2) is 4.98 Å². The molecule has 0 bridgehead atoms. The lowest BCUT2D eigenvalue weighted by molar-refractivity contribution is 0.269. The topological polar surface area (TPSA) is 45.1 Å². The lowest BCUT2D eigenvalue weighted by Gasteiger charge is -2.10. The second-order valence-electron chi connectivity index (χ2n) is 4.94. The van der Waals surface area contributed by atoms with Crippen molar-refractivity contribution in [3.63, 3.8) is 0 Å². The van der Waals surface area contributed by atoms with Gasteiger partial charge in [-0.05, 0) is 26.2 Å². The van der Waals surface area contributed by atoms with E-state index < -0.39 is 0 Å². The van der Waals surface area contributed by atoms with E-state index in [0.717, 1.165) is 18.9 Å². The van der Waals surface area contributed by atoms with Gasteiger partial charge in [-0.15, -0.1) is 11.3 Å². The summed E-state index contributed by atoms with van der Waals surface area (Å²) in [4.78, 5) is 5.87. The van der Waals surface area contributed by atoms with E-state index in [2.05, 4.69) is 17.2 Å². The van der Waals surface area contributed by atoms with E-state index >= 15 is 0 Å². The molecule has 0 aromatic carbocycles. The SMILES string of the molecule is CC(CCO)NCc1cnc(C2CCCC2)s1. The van der Waals surface area contributed by atoms with Crippen LogP contribution < -0.4 is 5.32 Å². The van der Waals surface area contributed by atoms with Gasteiger partial charge in [-0.2, -0.15) is 0 Å². The van der Waals surface area contributed by atoms with Gasteiger partial charge in [-0.3, -0.25) is 0 Å². The molecule has 1 fully saturated rings. The number of aromatic nitrogens is 1. The molecule has 0 radical (unpaired) electrons. The molecule has 0 aliphatic heterocycles. The van der Waals surface area contributed by atoms with Gasteiger partial charge in [0.25, 0.3) is 0 Å². The number of nitrogens with zero attached hydrogens (tertiary/aromatic N) is 1. The average Bonchev–Trinajstić information content (AvgIpc) is 2.97. The number of nitrogens with one attached hydrogen (secondary N) is 1. The van der Waals surface area contributed by atoms with Crippen LogP contribution in [0, 0.1) is 0 Å². The van der Waals surface area contributed by atoms with Crippen LogP contribution in [0.2, 0.25) is 0 Å². The molecule has 1 saturated carbocycles. The maximum Gasteiger partial charge on any atom is 0.0959 e. The molecule has 1 aliphatic carbocycles. The van der Waals surface area contributed by atoms with Crippen LogP contribution >= 0.6 is 11.3 Å². The number of hydrogen-bond donors (Lipinski definition) is 2. The van der Waals surface area contributed by atoms with Crippen molar-refractivity contribution in [1.82, 2.24) is 10.3 Å². The van der Waals surface area contributed by atoms with Crippen molar-refractivity contribution >= 4 is 11.3 Å². The first kappa shape index (κ1) is 13.0. The van der Waals surface area contributed by atoms with Crippen LogP contribution in [0.3, 0.4) is 0 Å². The molecule has 1 heterocycles. The van der Waals surface area contributed by atoms with Crippen LogP contribution in [0.5, 0.6) is 0 Å². The zero-order valence-electron chi connectivity index (χ0n) is 10.5. The van der Waals surface area contributed by atoms with Gasteiger partial charge in [0.2, 0.25) is 0 Å². The van der Waals surface area contributed by atoms with Gasteiger partial charge in [0, 0.05) is 36.2 Å². The molecular weight excluding hydrogens is 232 g/mol. The van der Waals surface area contributed by atoms with Crippen molar-refractivity contribution < 1.29 is 5.11 Å². The first-order valence-electron chi connectivity index (χ1n) is 6.58. The molecule has 1 atom stereocenters. The highest BCUT2D eigenvalue weighted by molar-refractivity contribution is 7.11. The highest BCUT2D eigenvalue weighted by Gasteiger charge is 2.20. The van der Waals surface area contributed by atoms with Gasteiger partial charge in [0.15, 0.2) is 0 Å². The van der Waals surface area contributed by atoms with E-state index in [1.54, 1.807) is 0 Å². The summed E-state index contributed by atoms with van der Waals surface area (Å²) in [6.45, 7) is 3.24. The minimum Gasteiger partial charge on any atom is -0.396 e. The van der Waals surface area contributed by atoms with Gasteiger partial charge in [-0.1, -0.05) is 12.8 Å². The number of aliphatic hydroxyl groups is 1. The van der Waals surface area contributed by atoms with Crippen molar-refractivity contribution in [3.05, 3.63) is 16.1 Å². The quantitative estimate of drug-likeness (QED) is 0.820. The predicted octanol–water partition coefficient (Wildman–Crippen LogP) is 2.66. The van der Waals surface area contributed by atoms with E-state index in [0.29, 0.717) is 6.04 Å². The third-order valence-corrected chi connectivity index (χ3v) is 4.62. The fourth-order valence-corrected chi connectivity index (χ4v) is 3.37. The Hall–Kier alpha value is -0.450. The van der Waals surface area contributed by atoms with Crippen LogP contribution in [0.25, 0.3) is 0 Å². The number of rotatable bonds is 6. The van der Waals surface area contributed by atoms with Crippen LogP contribution in [0.15, 0.2) is 6.20 Å². The Kier molecular flexibility index (Phi) is 4.95. The monoisotopic (exact) mass is 254 g/mol.